The standard InChI is InChI=1S/C20H22N4O2S/c1-12-5-4-6-15(9-12)24-8-7-23(10-13(24)2)18-16-14(3)17(20(25)26)27-19(16)22-11-21-18/h4-6,9,11,13H,7-8,10H2,1-3H3,(H,25,26). The van der Waals surface area contributed by atoms with Crippen LogP contribution in [0.4, 0.5) is 11.5 Å². The van der Waals surface area contributed by atoms with E-state index in [9.17, 15) is 9.90 Å². The lowest BCUT2D eigenvalue weighted by molar-refractivity contribution is 0.0701. The van der Waals surface area contributed by atoms with Gasteiger partial charge in [0.1, 0.15) is 21.9 Å². The van der Waals surface area contributed by atoms with Crippen LogP contribution in [0.15, 0.2) is 30.6 Å². The minimum Gasteiger partial charge on any atom is -0.477 e. The molecular weight excluding hydrogens is 360 g/mol. The van der Waals surface area contributed by atoms with Crippen LogP contribution in [0.5, 0.6) is 0 Å². The molecule has 0 amide bonds. The first-order valence-corrected chi connectivity index (χ1v) is 9.83. The van der Waals surface area contributed by atoms with E-state index in [1.54, 1.807) is 0 Å². The van der Waals surface area contributed by atoms with E-state index in [1.807, 2.05) is 6.92 Å². The fourth-order valence-electron chi connectivity index (χ4n) is 3.84. The van der Waals surface area contributed by atoms with Gasteiger partial charge in [-0.25, -0.2) is 14.8 Å². The number of anilines is 2. The third-order valence-electron chi connectivity index (χ3n) is 5.16. The van der Waals surface area contributed by atoms with Crippen LogP contribution in [0.1, 0.15) is 27.7 Å². The van der Waals surface area contributed by atoms with E-state index < -0.39 is 5.97 Å². The lowest BCUT2D eigenvalue weighted by Gasteiger charge is -2.42. The Bertz CT molecular complexity index is 1020. The molecule has 0 aliphatic carbocycles. The molecule has 1 aliphatic heterocycles. The van der Waals surface area contributed by atoms with Crippen molar-refractivity contribution in [1.82, 2.24) is 9.97 Å². The number of carboxylic acid groups (broad SMARTS) is 1. The summed E-state index contributed by atoms with van der Waals surface area (Å²) in [5, 5.41) is 10.3. The van der Waals surface area contributed by atoms with Crippen molar-refractivity contribution in [2.45, 2.75) is 26.8 Å². The largest absolute Gasteiger partial charge is 0.477 e. The maximum absolute atomic E-state index is 11.5. The molecule has 7 heteroatoms. The molecule has 4 rings (SSSR count). The smallest absolute Gasteiger partial charge is 0.346 e. The minimum atomic E-state index is -0.904. The van der Waals surface area contributed by atoms with Gasteiger partial charge in [0.05, 0.1) is 5.39 Å². The van der Waals surface area contributed by atoms with Gasteiger partial charge >= 0.3 is 5.97 Å². The minimum absolute atomic E-state index is 0.323. The summed E-state index contributed by atoms with van der Waals surface area (Å²) in [6, 6.07) is 8.91. The molecule has 3 aromatic rings. The molecule has 3 heterocycles. The number of piperazine rings is 1. The van der Waals surface area contributed by atoms with Gasteiger partial charge in [-0.15, -0.1) is 11.3 Å². The van der Waals surface area contributed by atoms with Gasteiger partial charge in [0.15, 0.2) is 0 Å². The normalized spacial score (nSPS) is 17.5. The topological polar surface area (TPSA) is 69.6 Å². The summed E-state index contributed by atoms with van der Waals surface area (Å²) in [4.78, 5) is 26.1. The highest BCUT2D eigenvalue weighted by atomic mass is 32.1. The second-order valence-electron chi connectivity index (χ2n) is 7.07. The fourth-order valence-corrected chi connectivity index (χ4v) is 4.82. The van der Waals surface area contributed by atoms with Crippen LogP contribution in [0.2, 0.25) is 0 Å². The number of carboxylic acids is 1. The number of hydrogen-bond donors (Lipinski definition) is 1. The number of fused-ring (bicyclic) bond motifs is 1. The molecule has 1 saturated heterocycles. The van der Waals surface area contributed by atoms with Crippen molar-refractivity contribution in [2.24, 2.45) is 0 Å². The van der Waals surface area contributed by atoms with E-state index in [4.69, 9.17) is 0 Å². The molecule has 1 aromatic carbocycles. The number of hydrogen-bond acceptors (Lipinski definition) is 6. The lowest BCUT2D eigenvalue weighted by Crippen LogP contribution is -2.52. The van der Waals surface area contributed by atoms with Crippen molar-refractivity contribution >= 4 is 39.0 Å². The van der Waals surface area contributed by atoms with E-state index in [2.05, 4.69) is 57.9 Å². The maximum atomic E-state index is 11.5. The molecule has 0 spiro atoms. The van der Waals surface area contributed by atoms with Crippen molar-refractivity contribution in [2.75, 3.05) is 29.4 Å². The quantitative estimate of drug-likeness (QED) is 0.744. The van der Waals surface area contributed by atoms with Crippen molar-refractivity contribution < 1.29 is 9.90 Å². The Labute approximate surface area is 162 Å². The predicted octanol–water partition coefficient (Wildman–Crippen LogP) is 3.72. The molecule has 0 bridgehead atoms. The SMILES string of the molecule is Cc1cccc(N2CCN(c3ncnc4sc(C(=O)O)c(C)c34)CC2C)c1. The zero-order chi connectivity index (χ0) is 19.1. The number of aryl methyl sites for hydroxylation is 2. The zero-order valence-electron chi connectivity index (χ0n) is 15.6. The number of aromatic carboxylic acids is 1. The number of carbonyl (C=O) groups is 1. The van der Waals surface area contributed by atoms with Crippen molar-refractivity contribution in [1.29, 1.82) is 0 Å². The molecule has 1 atom stereocenters. The van der Waals surface area contributed by atoms with Gasteiger partial charge in [0, 0.05) is 31.4 Å². The van der Waals surface area contributed by atoms with Crippen LogP contribution >= 0.6 is 11.3 Å². The van der Waals surface area contributed by atoms with E-state index in [0.29, 0.717) is 10.9 Å². The predicted molar refractivity (Wildman–Crippen MR) is 109 cm³/mol. The third-order valence-corrected chi connectivity index (χ3v) is 6.35. The van der Waals surface area contributed by atoms with E-state index in [-0.39, 0.29) is 0 Å². The lowest BCUT2D eigenvalue weighted by atomic mass is 10.1. The van der Waals surface area contributed by atoms with Gasteiger partial charge in [-0.2, -0.15) is 0 Å². The van der Waals surface area contributed by atoms with Crippen LogP contribution in [-0.2, 0) is 0 Å². The van der Waals surface area contributed by atoms with E-state index in [0.717, 1.165) is 41.2 Å². The van der Waals surface area contributed by atoms with Gasteiger partial charge in [-0.1, -0.05) is 12.1 Å². The summed E-state index contributed by atoms with van der Waals surface area (Å²) in [6.07, 6.45) is 1.54. The van der Waals surface area contributed by atoms with Crippen molar-refractivity contribution in [3.8, 4) is 0 Å². The molecular formula is C20H22N4O2S. The molecule has 2 aromatic heterocycles. The molecule has 1 aliphatic rings. The fraction of sp³-hybridized carbons (Fsp3) is 0.350. The summed E-state index contributed by atoms with van der Waals surface area (Å²) in [5.41, 5.74) is 3.26. The van der Waals surface area contributed by atoms with Crippen LogP contribution in [0.25, 0.3) is 10.2 Å². The summed E-state index contributed by atoms with van der Waals surface area (Å²) in [6.45, 7) is 8.74. The number of nitrogens with zero attached hydrogens (tertiary/aromatic N) is 4. The zero-order valence-corrected chi connectivity index (χ0v) is 16.5. The molecule has 140 valence electrons. The first-order chi connectivity index (χ1) is 13.0. The Morgan fingerprint density at radius 1 is 1.26 bits per heavy atom. The molecule has 0 radical (unpaired) electrons. The highest BCUT2D eigenvalue weighted by molar-refractivity contribution is 7.20. The average Bonchev–Trinajstić information content (AvgIpc) is 2.99. The Morgan fingerprint density at radius 2 is 2.07 bits per heavy atom. The number of rotatable bonds is 3. The Kier molecular flexibility index (Phi) is 4.47. The Hall–Kier alpha value is -2.67. The van der Waals surface area contributed by atoms with Crippen molar-refractivity contribution in [3.05, 3.63) is 46.6 Å². The summed E-state index contributed by atoms with van der Waals surface area (Å²) in [7, 11) is 0. The number of aromatic nitrogens is 2. The molecule has 1 N–H and O–H groups in total. The molecule has 1 unspecified atom stereocenters. The molecule has 6 nitrogen and oxygen atoms in total. The van der Waals surface area contributed by atoms with Crippen LogP contribution in [-0.4, -0.2) is 46.7 Å². The Balaban J connectivity index is 1.65. The average molecular weight is 382 g/mol. The molecule has 0 saturated carbocycles. The van der Waals surface area contributed by atoms with Crippen LogP contribution in [0, 0.1) is 13.8 Å². The molecule has 1 fully saturated rings. The van der Waals surface area contributed by atoms with Gasteiger partial charge in [-0.05, 0) is 44.0 Å². The van der Waals surface area contributed by atoms with Gasteiger partial charge < -0.3 is 14.9 Å². The number of thiophene rings is 1. The highest BCUT2D eigenvalue weighted by Crippen LogP contribution is 2.35. The second kappa shape index (κ2) is 6.81. The van der Waals surface area contributed by atoms with Gasteiger partial charge in [0.2, 0.25) is 0 Å². The van der Waals surface area contributed by atoms with Crippen LogP contribution in [0.3, 0.4) is 0 Å². The maximum Gasteiger partial charge on any atom is 0.346 e. The third kappa shape index (κ3) is 3.12. The van der Waals surface area contributed by atoms with Gasteiger partial charge in [0.25, 0.3) is 0 Å². The Morgan fingerprint density at radius 3 is 2.78 bits per heavy atom. The van der Waals surface area contributed by atoms with Gasteiger partial charge in [-0.3, -0.25) is 0 Å². The van der Waals surface area contributed by atoms with Crippen molar-refractivity contribution in [3.63, 3.8) is 0 Å². The van der Waals surface area contributed by atoms with E-state index >= 15 is 0 Å². The summed E-state index contributed by atoms with van der Waals surface area (Å²) >= 11 is 1.22. The molecule has 27 heavy (non-hydrogen) atoms. The first-order valence-electron chi connectivity index (χ1n) is 9.01. The monoisotopic (exact) mass is 382 g/mol. The highest BCUT2D eigenvalue weighted by Gasteiger charge is 2.28. The second-order valence-corrected chi connectivity index (χ2v) is 8.07. The summed E-state index contributed by atoms with van der Waals surface area (Å²) in [5.74, 6) is -0.0592. The first kappa shape index (κ1) is 17.7. The number of benzene rings is 1. The summed E-state index contributed by atoms with van der Waals surface area (Å²) < 4.78 is 0. The van der Waals surface area contributed by atoms with Crippen LogP contribution < -0.4 is 9.80 Å². The van der Waals surface area contributed by atoms with E-state index in [1.165, 1.54) is 28.9 Å².